The first-order chi connectivity index (χ1) is 10.7. The topological polar surface area (TPSA) is 76.3 Å². The summed E-state index contributed by atoms with van der Waals surface area (Å²) in [6.07, 6.45) is 3.76. The molecule has 2 aromatic heterocycles. The second kappa shape index (κ2) is 6.74. The molecule has 2 aromatic rings. The normalized spacial score (nSPS) is 18.2. The lowest BCUT2D eigenvalue weighted by molar-refractivity contribution is 0.0875. The lowest BCUT2D eigenvalue weighted by Gasteiger charge is -2.24. The number of nitrogens with one attached hydrogen (secondary N) is 1. The van der Waals surface area contributed by atoms with Crippen LogP contribution in [0.4, 0.5) is 11.6 Å². The van der Waals surface area contributed by atoms with Gasteiger partial charge in [0, 0.05) is 25.8 Å². The fourth-order valence-electron chi connectivity index (χ4n) is 2.51. The average Bonchev–Trinajstić information content (AvgIpc) is 2.93. The van der Waals surface area contributed by atoms with Crippen molar-refractivity contribution in [2.24, 2.45) is 0 Å². The van der Waals surface area contributed by atoms with E-state index in [2.05, 4.69) is 20.4 Å². The molecule has 0 aromatic carbocycles. The first-order valence-corrected chi connectivity index (χ1v) is 7.50. The summed E-state index contributed by atoms with van der Waals surface area (Å²) in [5.41, 5.74) is 0.883. The van der Waals surface area contributed by atoms with Gasteiger partial charge in [-0.1, -0.05) is 5.16 Å². The van der Waals surface area contributed by atoms with E-state index in [1.807, 2.05) is 31.0 Å². The molecule has 0 bridgehead atoms. The summed E-state index contributed by atoms with van der Waals surface area (Å²) in [6, 6.07) is 4.19. The van der Waals surface area contributed by atoms with E-state index < -0.39 is 0 Å². The summed E-state index contributed by atoms with van der Waals surface area (Å²) in [5, 5.41) is 7.41. The third kappa shape index (κ3) is 3.73. The number of anilines is 2. The first-order valence-electron chi connectivity index (χ1n) is 7.50. The Morgan fingerprint density at radius 2 is 2.27 bits per heavy atom. The van der Waals surface area contributed by atoms with E-state index in [4.69, 9.17) is 9.26 Å². The van der Waals surface area contributed by atoms with Gasteiger partial charge in [0.2, 0.25) is 0 Å². The van der Waals surface area contributed by atoms with Crippen LogP contribution in [0.2, 0.25) is 0 Å². The Kier molecular flexibility index (Phi) is 4.53. The second-order valence-electron chi connectivity index (χ2n) is 5.60. The van der Waals surface area contributed by atoms with Gasteiger partial charge in [0.25, 0.3) is 0 Å². The smallest absolute Gasteiger partial charge is 0.134 e. The molecule has 1 fully saturated rings. The predicted molar refractivity (Wildman–Crippen MR) is 82.8 cm³/mol. The molecule has 1 aliphatic rings. The van der Waals surface area contributed by atoms with E-state index in [0.717, 1.165) is 49.1 Å². The monoisotopic (exact) mass is 303 g/mol. The van der Waals surface area contributed by atoms with Crippen LogP contribution in [0.1, 0.15) is 24.3 Å². The average molecular weight is 303 g/mol. The van der Waals surface area contributed by atoms with Gasteiger partial charge in [-0.15, -0.1) is 0 Å². The van der Waals surface area contributed by atoms with Gasteiger partial charge in [0.1, 0.15) is 29.4 Å². The van der Waals surface area contributed by atoms with Gasteiger partial charge >= 0.3 is 0 Å². The van der Waals surface area contributed by atoms with Crippen LogP contribution in [0.15, 0.2) is 23.0 Å². The maximum atomic E-state index is 5.48. The van der Waals surface area contributed by atoms with Gasteiger partial charge in [-0.25, -0.2) is 9.97 Å². The molecule has 0 saturated carbocycles. The number of ether oxygens (including phenoxy) is 1. The molecule has 3 heterocycles. The third-order valence-electron chi connectivity index (χ3n) is 3.63. The van der Waals surface area contributed by atoms with Gasteiger partial charge in [-0.3, -0.25) is 0 Å². The van der Waals surface area contributed by atoms with Crippen LogP contribution >= 0.6 is 0 Å². The van der Waals surface area contributed by atoms with Crippen LogP contribution in [-0.2, 0) is 11.3 Å². The minimum absolute atomic E-state index is 0.319. The van der Waals surface area contributed by atoms with Gasteiger partial charge in [-0.05, 0) is 19.8 Å². The van der Waals surface area contributed by atoms with Crippen LogP contribution in [0.3, 0.4) is 0 Å². The summed E-state index contributed by atoms with van der Waals surface area (Å²) < 4.78 is 10.6. The fourth-order valence-corrected chi connectivity index (χ4v) is 2.51. The van der Waals surface area contributed by atoms with Crippen molar-refractivity contribution in [3.05, 3.63) is 29.9 Å². The predicted octanol–water partition coefficient (Wildman–Crippen LogP) is 2.00. The number of aryl methyl sites for hydroxylation is 1. The van der Waals surface area contributed by atoms with Crippen molar-refractivity contribution in [2.45, 2.75) is 32.4 Å². The molecule has 7 nitrogen and oxygen atoms in total. The molecule has 0 amide bonds. The maximum absolute atomic E-state index is 5.48. The van der Waals surface area contributed by atoms with Crippen molar-refractivity contribution in [3.63, 3.8) is 0 Å². The quantitative estimate of drug-likeness (QED) is 0.905. The molecule has 7 heteroatoms. The zero-order valence-corrected chi connectivity index (χ0v) is 13.0. The van der Waals surface area contributed by atoms with E-state index in [0.29, 0.717) is 12.6 Å². The zero-order chi connectivity index (χ0) is 15.4. The molecule has 22 heavy (non-hydrogen) atoms. The van der Waals surface area contributed by atoms with Crippen molar-refractivity contribution >= 4 is 11.6 Å². The van der Waals surface area contributed by atoms with Gasteiger partial charge < -0.3 is 19.5 Å². The number of hydrogen-bond donors (Lipinski definition) is 1. The second-order valence-corrected chi connectivity index (χ2v) is 5.60. The van der Waals surface area contributed by atoms with Gasteiger partial charge in [0.15, 0.2) is 0 Å². The van der Waals surface area contributed by atoms with Crippen molar-refractivity contribution in [1.29, 1.82) is 0 Å². The minimum atomic E-state index is 0.319. The summed E-state index contributed by atoms with van der Waals surface area (Å²) in [5.74, 6) is 2.48. The van der Waals surface area contributed by atoms with Crippen LogP contribution in [0.25, 0.3) is 0 Å². The Balaban J connectivity index is 1.64. The lowest BCUT2D eigenvalue weighted by Crippen LogP contribution is -2.30. The Labute approximate surface area is 129 Å². The summed E-state index contributed by atoms with van der Waals surface area (Å²) >= 11 is 0. The number of rotatable bonds is 5. The van der Waals surface area contributed by atoms with Crippen molar-refractivity contribution in [1.82, 2.24) is 15.1 Å². The molecule has 1 saturated heterocycles. The van der Waals surface area contributed by atoms with Crippen LogP contribution in [-0.4, -0.2) is 41.4 Å². The highest BCUT2D eigenvalue weighted by atomic mass is 16.5. The van der Waals surface area contributed by atoms with Crippen molar-refractivity contribution < 1.29 is 9.26 Å². The largest absolute Gasteiger partial charge is 0.379 e. The highest BCUT2D eigenvalue weighted by molar-refractivity contribution is 5.48. The molecule has 1 N–H and O–H groups in total. The van der Waals surface area contributed by atoms with Gasteiger partial charge in [0.05, 0.1) is 19.2 Å². The molecule has 0 spiro atoms. The SMILES string of the molecule is Cc1cc(CN(C)c2cc(N[C@H]3CCCOC3)ncn2)no1. The van der Waals surface area contributed by atoms with Crippen LogP contribution in [0.5, 0.6) is 0 Å². The van der Waals surface area contributed by atoms with E-state index in [1.54, 1.807) is 6.33 Å². The van der Waals surface area contributed by atoms with E-state index in [-0.39, 0.29) is 0 Å². The Morgan fingerprint density at radius 1 is 1.36 bits per heavy atom. The van der Waals surface area contributed by atoms with Crippen LogP contribution in [0, 0.1) is 6.92 Å². The molecule has 1 aliphatic heterocycles. The molecule has 0 radical (unpaired) electrons. The molecule has 0 aliphatic carbocycles. The summed E-state index contributed by atoms with van der Waals surface area (Å²) in [6.45, 7) is 4.11. The Morgan fingerprint density at radius 3 is 3.00 bits per heavy atom. The van der Waals surface area contributed by atoms with E-state index in [9.17, 15) is 0 Å². The maximum Gasteiger partial charge on any atom is 0.134 e. The molecule has 1 atom stereocenters. The van der Waals surface area contributed by atoms with Crippen LogP contribution < -0.4 is 10.2 Å². The molecule has 3 rings (SSSR count). The lowest BCUT2D eigenvalue weighted by atomic mass is 10.1. The molecule has 0 unspecified atom stereocenters. The highest BCUT2D eigenvalue weighted by Crippen LogP contribution is 2.18. The number of hydrogen-bond acceptors (Lipinski definition) is 7. The Bertz CT molecular complexity index is 609. The summed E-state index contributed by atoms with van der Waals surface area (Å²) in [7, 11) is 1.97. The number of aromatic nitrogens is 3. The minimum Gasteiger partial charge on any atom is -0.379 e. The standard InChI is InChI=1S/C15H21N5O2/c1-11-6-13(19-22-11)8-20(2)15-7-14(16-10-17-15)18-12-4-3-5-21-9-12/h6-7,10,12H,3-5,8-9H2,1-2H3,(H,16,17,18)/t12-/m0/s1. The van der Waals surface area contributed by atoms with E-state index in [1.165, 1.54) is 0 Å². The van der Waals surface area contributed by atoms with Crippen molar-refractivity contribution in [2.75, 3.05) is 30.5 Å². The third-order valence-corrected chi connectivity index (χ3v) is 3.63. The highest BCUT2D eigenvalue weighted by Gasteiger charge is 2.15. The molecular formula is C15H21N5O2. The molecule has 118 valence electrons. The molecular weight excluding hydrogens is 282 g/mol. The zero-order valence-electron chi connectivity index (χ0n) is 13.0. The first kappa shape index (κ1) is 14.8. The van der Waals surface area contributed by atoms with E-state index >= 15 is 0 Å². The summed E-state index contributed by atoms with van der Waals surface area (Å²) in [4.78, 5) is 10.6. The fraction of sp³-hybridized carbons (Fsp3) is 0.533. The van der Waals surface area contributed by atoms with Crippen molar-refractivity contribution in [3.8, 4) is 0 Å². The Hall–Kier alpha value is -2.15. The number of nitrogens with zero attached hydrogens (tertiary/aromatic N) is 4. The van der Waals surface area contributed by atoms with Gasteiger partial charge in [-0.2, -0.15) is 0 Å².